The topological polar surface area (TPSA) is 51.2 Å². The number of hydrogen-bond acceptors (Lipinski definition) is 4. The molecule has 2 aliphatic rings. The van der Waals surface area contributed by atoms with E-state index in [2.05, 4.69) is 6.58 Å². The molecule has 0 aliphatic carbocycles. The molecule has 2 fully saturated rings. The molecular formula is C10H16O4. The van der Waals surface area contributed by atoms with Gasteiger partial charge in [-0.25, -0.2) is 0 Å². The van der Waals surface area contributed by atoms with Gasteiger partial charge in [0.15, 0.2) is 5.79 Å². The molecule has 0 aromatic carbocycles. The maximum absolute atomic E-state index is 8.88. The first-order valence-corrected chi connectivity index (χ1v) is 4.82. The summed E-state index contributed by atoms with van der Waals surface area (Å²) >= 11 is 0. The molecule has 4 nitrogen and oxygen atoms in total. The molecule has 0 radical (unpaired) electrons. The van der Waals surface area contributed by atoms with E-state index in [1.807, 2.05) is 13.8 Å². The normalized spacial score (nSPS) is 45.1. The summed E-state index contributed by atoms with van der Waals surface area (Å²) in [4.78, 5) is 0. The highest BCUT2D eigenvalue weighted by atomic mass is 16.8. The van der Waals surface area contributed by atoms with Gasteiger partial charge in [-0.2, -0.15) is 0 Å². The van der Waals surface area contributed by atoms with Crippen LogP contribution in [-0.2, 0) is 14.2 Å². The summed E-state index contributed by atoms with van der Waals surface area (Å²) in [5, 5.41) is 8.88. The van der Waals surface area contributed by atoms with Crippen molar-refractivity contribution >= 4 is 0 Å². The van der Waals surface area contributed by atoms with E-state index in [9.17, 15) is 0 Å². The van der Waals surface area contributed by atoms with Gasteiger partial charge in [0.25, 0.3) is 0 Å². The number of aliphatic hydroxyl groups is 1. The minimum Gasteiger partial charge on any atom is -0.394 e. The third-order valence-electron chi connectivity index (χ3n) is 2.52. The van der Waals surface area contributed by atoms with Crippen molar-refractivity contribution in [1.82, 2.24) is 0 Å². The fourth-order valence-electron chi connectivity index (χ4n) is 1.85. The maximum atomic E-state index is 8.88. The molecule has 1 N–H and O–H groups in total. The van der Waals surface area contributed by atoms with Gasteiger partial charge in [0.1, 0.15) is 24.4 Å². The Bertz CT molecular complexity index is 238. The molecule has 0 unspecified atom stereocenters. The predicted molar refractivity (Wildman–Crippen MR) is 49.8 cm³/mol. The van der Waals surface area contributed by atoms with E-state index in [0.717, 1.165) is 0 Å². The third kappa shape index (κ3) is 1.70. The van der Waals surface area contributed by atoms with Crippen LogP contribution in [0.1, 0.15) is 13.8 Å². The summed E-state index contributed by atoms with van der Waals surface area (Å²) in [5.41, 5.74) is 0. The van der Waals surface area contributed by atoms with Crippen molar-refractivity contribution in [2.24, 2.45) is 0 Å². The molecule has 0 aromatic heterocycles. The molecule has 2 heterocycles. The first-order valence-electron chi connectivity index (χ1n) is 4.82. The second kappa shape index (κ2) is 3.31. The third-order valence-corrected chi connectivity index (χ3v) is 2.52. The Morgan fingerprint density at radius 2 is 2.07 bits per heavy atom. The second-order valence-electron chi connectivity index (χ2n) is 4.12. The Morgan fingerprint density at radius 1 is 1.36 bits per heavy atom. The van der Waals surface area contributed by atoms with Gasteiger partial charge in [0.05, 0.1) is 6.61 Å². The van der Waals surface area contributed by atoms with Crippen LogP contribution in [0, 0.1) is 0 Å². The lowest BCUT2D eigenvalue weighted by Gasteiger charge is -2.16. The highest BCUT2D eigenvalue weighted by molar-refractivity contribution is 5.03. The van der Waals surface area contributed by atoms with Crippen LogP contribution in [0.4, 0.5) is 0 Å². The average Bonchev–Trinajstić information content (AvgIpc) is 2.84. The minimum absolute atomic E-state index is 0.0365. The van der Waals surface area contributed by atoms with E-state index >= 15 is 0 Å². The van der Waals surface area contributed by atoms with Gasteiger partial charge < -0.3 is 19.3 Å². The van der Waals surface area contributed by atoms with E-state index in [1.54, 1.807) is 6.08 Å². The number of ether oxygens (including phenoxy) is 3. The zero-order valence-electron chi connectivity index (χ0n) is 8.47. The van der Waals surface area contributed by atoms with Crippen LogP contribution >= 0.6 is 0 Å². The van der Waals surface area contributed by atoms with Crippen LogP contribution in [0.5, 0.6) is 0 Å². The quantitative estimate of drug-likeness (QED) is 0.531. The average molecular weight is 200 g/mol. The van der Waals surface area contributed by atoms with Crippen LogP contribution in [0.2, 0.25) is 0 Å². The van der Waals surface area contributed by atoms with E-state index in [1.165, 1.54) is 0 Å². The van der Waals surface area contributed by atoms with Crippen LogP contribution in [0.25, 0.3) is 0 Å². The Balaban J connectivity index is 2.01. The summed E-state index contributed by atoms with van der Waals surface area (Å²) in [5.74, 6) is -0.588. The number of epoxide rings is 1. The first-order chi connectivity index (χ1) is 6.57. The Kier molecular flexibility index (Phi) is 2.39. The molecule has 0 bridgehead atoms. The van der Waals surface area contributed by atoms with Crippen molar-refractivity contribution in [1.29, 1.82) is 0 Å². The predicted octanol–water partition coefficient (Wildman–Crippen LogP) is 0.452. The number of rotatable bonds is 3. The van der Waals surface area contributed by atoms with Gasteiger partial charge in [-0.3, -0.25) is 0 Å². The fourth-order valence-corrected chi connectivity index (χ4v) is 1.85. The van der Waals surface area contributed by atoms with E-state index < -0.39 is 5.79 Å². The second-order valence-corrected chi connectivity index (χ2v) is 4.12. The smallest absolute Gasteiger partial charge is 0.164 e. The summed E-state index contributed by atoms with van der Waals surface area (Å²) in [6, 6.07) is 0. The zero-order chi connectivity index (χ0) is 10.3. The molecule has 2 saturated heterocycles. The maximum Gasteiger partial charge on any atom is 0.164 e. The van der Waals surface area contributed by atoms with Crippen molar-refractivity contribution in [3.8, 4) is 0 Å². The van der Waals surface area contributed by atoms with E-state index in [4.69, 9.17) is 19.3 Å². The van der Waals surface area contributed by atoms with Crippen molar-refractivity contribution < 1.29 is 19.3 Å². The van der Waals surface area contributed by atoms with Gasteiger partial charge >= 0.3 is 0 Å². The minimum atomic E-state index is -0.588. The van der Waals surface area contributed by atoms with Gasteiger partial charge in [-0.15, -0.1) is 6.58 Å². The van der Waals surface area contributed by atoms with Crippen LogP contribution in [0.3, 0.4) is 0 Å². The van der Waals surface area contributed by atoms with Crippen molar-refractivity contribution in [3.63, 3.8) is 0 Å². The van der Waals surface area contributed by atoms with Crippen molar-refractivity contribution in [2.45, 2.75) is 44.1 Å². The van der Waals surface area contributed by atoms with Gasteiger partial charge in [0.2, 0.25) is 0 Å². The molecule has 2 rings (SSSR count). The lowest BCUT2D eigenvalue weighted by Crippen LogP contribution is -2.28. The SMILES string of the molecule is C=C[C@H]1OC(C)(C)O[C@@H]1[C@@H]1O[C@H]1CO. The molecule has 4 atom stereocenters. The molecule has 80 valence electrons. The van der Waals surface area contributed by atoms with Gasteiger partial charge in [0, 0.05) is 0 Å². The summed E-state index contributed by atoms with van der Waals surface area (Å²) in [7, 11) is 0. The van der Waals surface area contributed by atoms with Crippen molar-refractivity contribution in [2.75, 3.05) is 6.61 Å². The Labute approximate surface area is 83.5 Å². The molecule has 4 heteroatoms. The molecule has 0 spiro atoms. The number of hydrogen-bond donors (Lipinski definition) is 1. The van der Waals surface area contributed by atoms with Gasteiger partial charge in [-0.1, -0.05) is 6.08 Å². The zero-order valence-corrected chi connectivity index (χ0v) is 8.47. The largest absolute Gasteiger partial charge is 0.394 e. The lowest BCUT2D eigenvalue weighted by atomic mass is 10.1. The van der Waals surface area contributed by atoms with Crippen molar-refractivity contribution in [3.05, 3.63) is 12.7 Å². The molecular weight excluding hydrogens is 184 g/mol. The summed E-state index contributed by atoms with van der Waals surface area (Å²) < 4.78 is 16.6. The standard InChI is InChI=1S/C10H16O4/c1-4-6-9(8-7(5-11)12-8)14-10(2,3)13-6/h4,6-9,11H,1,5H2,2-3H3/t6-,7+,8-,9+/m1/s1. The van der Waals surface area contributed by atoms with Crippen LogP contribution < -0.4 is 0 Å². The highest BCUT2D eigenvalue weighted by Crippen LogP contribution is 2.38. The Hall–Kier alpha value is -0.420. The molecule has 14 heavy (non-hydrogen) atoms. The molecule has 2 aliphatic heterocycles. The monoisotopic (exact) mass is 200 g/mol. The highest BCUT2D eigenvalue weighted by Gasteiger charge is 2.54. The van der Waals surface area contributed by atoms with Crippen LogP contribution in [0.15, 0.2) is 12.7 Å². The van der Waals surface area contributed by atoms with Crippen LogP contribution in [-0.4, -0.2) is 41.9 Å². The van der Waals surface area contributed by atoms with E-state index in [-0.39, 0.29) is 31.0 Å². The molecule has 0 amide bonds. The van der Waals surface area contributed by atoms with E-state index in [0.29, 0.717) is 0 Å². The molecule has 0 aromatic rings. The fraction of sp³-hybridized carbons (Fsp3) is 0.800. The lowest BCUT2D eigenvalue weighted by molar-refractivity contribution is -0.144. The van der Waals surface area contributed by atoms with Gasteiger partial charge in [-0.05, 0) is 13.8 Å². The molecule has 0 saturated carbocycles. The summed E-state index contributed by atoms with van der Waals surface area (Å²) in [6.45, 7) is 7.45. The first kappa shape index (κ1) is 10.1. The Morgan fingerprint density at radius 3 is 2.57 bits per heavy atom. The summed E-state index contributed by atoms with van der Waals surface area (Å²) in [6.07, 6.45) is 1.28. The number of aliphatic hydroxyl groups excluding tert-OH is 1.